The van der Waals surface area contributed by atoms with Gasteiger partial charge in [0.15, 0.2) is 11.4 Å². The second kappa shape index (κ2) is 16.1. The van der Waals surface area contributed by atoms with Crippen LogP contribution in [0.15, 0.2) is 12.3 Å². The summed E-state index contributed by atoms with van der Waals surface area (Å²) in [4.78, 5) is 40.7. The largest absolute Gasteiger partial charge is 0.489 e. The first-order valence-electron chi connectivity index (χ1n) is 11.7. The molecule has 0 unspecified atom stereocenters. The highest BCUT2D eigenvalue weighted by atomic mass is 16.5. The van der Waals surface area contributed by atoms with E-state index in [1.165, 1.54) is 31.5 Å². The topological polar surface area (TPSA) is 104 Å². The van der Waals surface area contributed by atoms with E-state index in [1.807, 2.05) is 6.92 Å². The molecule has 0 bridgehead atoms. The third-order valence-electron chi connectivity index (χ3n) is 4.55. The maximum Gasteiger partial charge on any atom is 0.339 e. The molecule has 0 aliphatic heterocycles. The van der Waals surface area contributed by atoms with Gasteiger partial charge in [-0.2, -0.15) is 0 Å². The van der Waals surface area contributed by atoms with E-state index < -0.39 is 17.8 Å². The SMILES string of the molecule is CCCCCCCCOC(=O)c1cnc(C(=O)NCC(=O)OCCCC)c(OC(C)C)c1. The first kappa shape index (κ1) is 27.4. The van der Waals surface area contributed by atoms with E-state index in [0.29, 0.717) is 13.2 Å². The van der Waals surface area contributed by atoms with Crippen molar-refractivity contribution in [1.82, 2.24) is 10.3 Å². The Labute approximate surface area is 191 Å². The standard InChI is InChI=1S/C24H38N2O6/c1-5-7-9-10-11-12-14-31-24(29)19-15-20(32-18(3)4)22(25-16-19)23(28)26-17-21(27)30-13-8-6-2/h15-16,18H,5-14,17H2,1-4H3,(H,26,28). The molecule has 0 atom stereocenters. The lowest BCUT2D eigenvalue weighted by Crippen LogP contribution is -2.32. The van der Waals surface area contributed by atoms with Crippen LogP contribution in [0.4, 0.5) is 0 Å². The number of unbranched alkanes of at least 4 members (excludes halogenated alkanes) is 6. The van der Waals surface area contributed by atoms with Gasteiger partial charge < -0.3 is 19.5 Å². The van der Waals surface area contributed by atoms with Crippen molar-refractivity contribution in [3.05, 3.63) is 23.5 Å². The number of aromatic nitrogens is 1. The zero-order chi connectivity index (χ0) is 23.8. The molecule has 1 aromatic rings. The number of nitrogens with one attached hydrogen (secondary N) is 1. The van der Waals surface area contributed by atoms with Crippen LogP contribution >= 0.6 is 0 Å². The molecule has 0 aliphatic rings. The minimum Gasteiger partial charge on any atom is -0.489 e. The average Bonchev–Trinajstić information content (AvgIpc) is 2.76. The van der Waals surface area contributed by atoms with Crippen molar-refractivity contribution < 1.29 is 28.6 Å². The lowest BCUT2D eigenvalue weighted by Gasteiger charge is -2.14. The second-order valence-electron chi connectivity index (χ2n) is 7.90. The van der Waals surface area contributed by atoms with E-state index in [4.69, 9.17) is 14.2 Å². The van der Waals surface area contributed by atoms with Crippen LogP contribution in [0.5, 0.6) is 5.75 Å². The number of carbonyl (C=O) groups excluding carboxylic acids is 3. The number of amides is 1. The van der Waals surface area contributed by atoms with Gasteiger partial charge in [-0.05, 0) is 32.8 Å². The van der Waals surface area contributed by atoms with Crippen LogP contribution in [0.1, 0.15) is 99.9 Å². The molecule has 1 amide bonds. The normalized spacial score (nSPS) is 10.7. The van der Waals surface area contributed by atoms with Crippen LogP contribution in [-0.2, 0) is 14.3 Å². The van der Waals surface area contributed by atoms with E-state index in [0.717, 1.165) is 32.1 Å². The van der Waals surface area contributed by atoms with Gasteiger partial charge >= 0.3 is 11.9 Å². The number of rotatable bonds is 16. The quantitative estimate of drug-likeness (QED) is 0.293. The average molecular weight is 451 g/mol. The molecule has 8 nitrogen and oxygen atoms in total. The molecule has 0 aromatic carbocycles. The third-order valence-corrected chi connectivity index (χ3v) is 4.55. The predicted octanol–water partition coefficient (Wildman–Crippen LogP) is 4.46. The Bertz CT molecular complexity index is 720. The molecule has 8 heteroatoms. The Morgan fingerprint density at radius 2 is 1.59 bits per heavy atom. The summed E-state index contributed by atoms with van der Waals surface area (Å²) in [7, 11) is 0. The summed E-state index contributed by atoms with van der Waals surface area (Å²) in [6.07, 6.45) is 9.31. The van der Waals surface area contributed by atoms with Gasteiger partial charge in [0.25, 0.3) is 5.91 Å². The fraction of sp³-hybridized carbons (Fsp3) is 0.667. The maximum atomic E-state index is 12.5. The Morgan fingerprint density at radius 1 is 0.938 bits per heavy atom. The van der Waals surface area contributed by atoms with Crippen LogP contribution in [0.2, 0.25) is 0 Å². The minimum atomic E-state index is -0.583. The molecular formula is C24H38N2O6. The van der Waals surface area contributed by atoms with Gasteiger partial charge in [-0.25, -0.2) is 9.78 Å². The number of nitrogens with zero attached hydrogens (tertiary/aromatic N) is 1. The Kier molecular flexibility index (Phi) is 13.7. The molecule has 1 aromatic heterocycles. The van der Waals surface area contributed by atoms with Crippen molar-refractivity contribution in [1.29, 1.82) is 0 Å². The van der Waals surface area contributed by atoms with E-state index in [2.05, 4.69) is 17.2 Å². The van der Waals surface area contributed by atoms with Crippen molar-refractivity contribution >= 4 is 17.8 Å². The second-order valence-corrected chi connectivity index (χ2v) is 7.90. The minimum absolute atomic E-state index is 0.00691. The molecule has 0 saturated carbocycles. The smallest absolute Gasteiger partial charge is 0.339 e. The Morgan fingerprint density at radius 3 is 2.28 bits per heavy atom. The predicted molar refractivity (Wildman–Crippen MR) is 122 cm³/mol. The fourth-order valence-corrected chi connectivity index (χ4v) is 2.82. The molecule has 0 aliphatic carbocycles. The van der Waals surface area contributed by atoms with Crippen molar-refractivity contribution in [2.45, 2.75) is 85.2 Å². The first-order chi connectivity index (χ1) is 15.4. The van der Waals surface area contributed by atoms with Gasteiger partial charge in [-0.3, -0.25) is 9.59 Å². The van der Waals surface area contributed by atoms with E-state index in [1.54, 1.807) is 13.8 Å². The van der Waals surface area contributed by atoms with E-state index in [-0.39, 0.29) is 29.7 Å². The molecule has 0 radical (unpaired) electrons. The summed E-state index contributed by atoms with van der Waals surface area (Å²) in [5.74, 6) is -1.45. The highest BCUT2D eigenvalue weighted by molar-refractivity contribution is 5.98. The molecule has 1 heterocycles. The van der Waals surface area contributed by atoms with Gasteiger partial charge in [-0.1, -0.05) is 52.4 Å². The van der Waals surface area contributed by atoms with Crippen molar-refractivity contribution in [3.8, 4) is 5.75 Å². The monoisotopic (exact) mass is 450 g/mol. The van der Waals surface area contributed by atoms with E-state index in [9.17, 15) is 14.4 Å². The number of carbonyl (C=O) groups is 3. The van der Waals surface area contributed by atoms with Gasteiger partial charge in [0.1, 0.15) is 6.54 Å². The molecule has 180 valence electrons. The summed E-state index contributed by atoms with van der Waals surface area (Å²) >= 11 is 0. The summed E-state index contributed by atoms with van der Waals surface area (Å²) in [5, 5.41) is 2.48. The van der Waals surface area contributed by atoms with Crippen LogP contribution in [0.3, 0.4) is 0 Å². The highest BCUT2D eigenvalue weighted by Gasteiger charge is 2.20. The Hall–Kier alpha value is -2.64. The maximum absolute atomic E-state index is 12.5. The van der Waals surface area contributed by atoms with Crippen molar-refractivity contribution in [3.63, 3.8) is 0 Å². The molecule has 32 heavy (non-hydrogen) atoms. The lowest BCUT2D eigenvalue weighted by atomic mass is 10.1. The van der Waals surface area contributed by atoms with Crippen LogP contribution in [0, 0.1) is 0 Å². The number of hydrogen-bond donors (Lipinski definition) is 1. The number of hydrogen-bond acceptors (Lipinski definition) is 7. The summed E-state index contributed by atoms with van der Waals surface area (Å²) < 4.78 is 16.0. The summed E-state index contributed by atoms with van der Waals surface area (Å²) in [5.41, 5.74) is 0.203. The van der Waals surface area contributed by atoms with Gasteiger partial charge in [-0.15, -0.1) is 0 Å². The Balaban J connectivity index is 2.66. The zero-order valence-electron chi connectivity index (χ0n) is 19.9. The number of esters is 2. The lowest BCUT2D eigenvalue weighted by molar-refractivity contribution is -0.142. The molecular weight excluding hydrogens is 412 g/mol. The zero-order valence-corrected chi connectivity index (χ0v) is 19.9. The number of pyridine rings is 1. The van der Waals surface area contributed by atoms with Gasteiger partial charge in [0.2, 0.25) is 0 Å². The molecule has 1 rings (SSSR count). The summed E-state index contributed by atoms with van der Waals surface area (Å²) in [6, 6.07) is 1.45. The van der Waals surface area contributed by atoms with Crippen LogP contribution < -0.4 is 10.1 Å². The molecule has 0 saturated heterocycles. The molecule has 0 spiro atoms. The van der Waals surface area contributed by atoms with Gasteiger partial charge in [0.05, 0.1) is 24.9 Å². The fourth-order valence-electron chi connectivity index (χ4n) is 2.82. The first-order valence-corrected chi connectivity index (χ1v) is 11.7. The highest BCUT2D eigenvalue weighted by Crippen LogP contribution is 2.20. The molecule has 1 N–H and O–H groups in total. The summed E-state index contributed by atoms with van der Waals surface area (Å²) in [6.45, 7) is 8.16. The van der Waals surface area contributed by atoms with Gasteiger partial charge in [0, 0.05) is 6.20 Å². The molecule has 0 fully saturated rings. The number of ether oxygens (including phenoxy) is 3. The third kappa shape index (κ3) is 11.1. The van der Waals surface area contributed by atoms with E-state index >= 15 is 0 Å². The van der Waals surface area contributed by atoms with Crippen LogP contribution in [0.25, 0.3) is 0 Å². The van der Waals surface area contributed by atoms with Crippen molar-refractivity contribution in [2.24, 2.45) is 0 Å². The van der Waals surface area contributed by atoms with Crippen LogP contribution in [-0.4, -0.2) is 48.7 Å². The van der Waals surface area contributed by atoms with Crippen molar-refractivity contribution in [2.75, 3.05) is 19.8 Å².